The van der Waals surface area contributed by atoms with Crippen LogP contribution >= 0.6 is 11.8 Å². The van der Waals surface area contributed by atoms with Crippen molar-refractivity contribution in [1.82, 2.24) is 24.7 Å². The minimum Gasteiger partial charge on any atom is -0.356 e. The predicted octanol–water partition coefficient (Wildman–Crippen LogP) is 2.56. The van der Waals surface area contributed by atoms with E-state index >= 15 is 0 Å². The van der Waals surface area contributed by atoms with Gasteiger partial charge in [-0.2, -0.15) is 11.8 Å². The van der Waals surface area contributed by atoms with E-state index in [1.165, 1.54) is 0 Å². The number of carbonyl (C=O) groups excluding carboxylic acids is 1. The summed E-state index contributed by atoms with van der Waals surface area (Å²) in [6.45, 7) is 3.47. The molecule has 9 nitrogen and oxygen atoms in total. The summed E-state index contributed by atoms with van der Waals surface area (Å²) in [5.74, 6) is 4.73. The van der Waals surface area contributed by atoms with Crippen LogP contribution in [0.5, 0.6) is 0 Å². The van der Waals surface area contributed by atoms with Gasteiger partial charge < -0.3 is 9.42 Å². The Morgan fingerprint density at radius 1 is 1.21 bits per heavy atom. The molecule has 2 aliphatic rings. The Morgan fingerprint density at radius 3 is 2.83 bits per heavy atom. The molecule has 10 heteroatoms. The molecule has 0 bridgehead atoms. The van der Waals surface area contributed by atoms with E-state index in [1.54, 1.807) is 24.3 Å². The minimum absolute atomic E-state index is 0.0120. The van der Waals surface area contributed by atoms with Crippen LogP contribution in [0, 0.1) is 12.8 Å². The van der Waals surface area contributed by atoms with Gasteiger partial charge in [0.05, 0.1) is 11.3 Å². The zero-order chi connectivity index (χ0) is 19.8. The Hall–Kier alpha value is -2.88. The molecule has 0 aliphatic carbocycles. The number of hydrogen-bond acceptors (Lipinski definition) is 8. The molecular weight excluding hydrogens is 390 g/mol. The number of imidazole rings is 1. The second-order valence-corrected chi connectivity index (χ2v) is 8.24. The second kappa shape index (κ2) is 7.51. The molecule has 3 aromatic rings. The third kappa shape index (κ3) is 3.48. The number of hydrogen-bond donors (Lipinski definition) is 1. The van der Waals surface area contributed by atoms with E-state index in [9.17, 15) is 4.79 Å². The van der Waals surface area contributed by atoms with Crippen molar-refractivity contribution >= 4 is 29.4 Å². The number of piperidine rings is 1. The van der Waals surface area contributed by atoms with E-state index in [0.29, 0.717) is 5.88 Å². The fourth-order valence-corrected chi connectivity index (χ4v) is 4.82. The number of amides is 1. The van der Waals surface area contributed by atoms with Gasteiger partial charge in [-0.1, -0.05) is 5.16 Å². The summed E-state index contributed by atoms with van der Waals surface area (Å²) in [4.78, 5) is 27.9. The summed E-state index contributed by atoms with van der Waals surface area (Å²) >= 11 is 1.79. The highest BCUT2D eigenvalue weighted by molar-refractivity contribution is 7.98. The van der Waals surface area contributed by atoms with Crippen LogP contribution < -0.4 is 10.2 Å². The molecule has 0 spiro atoms. The summed E-state index contributed by atoms with van der Waals surface area (Å²) in [6.07, 6.45) is 6.74. The summed E-state index contributed by atoms with van der Waals surface area (Å²) < 4.78 is 7.25. The number of nitrogens with one attached hydrogen (secondary N) is 1. The van der Waals surface area contributed by atoms with Crippen LogP contribution in [0.4, 0.5) is 11.7 Å². The Kier molecular flexibility index (Phi) is 4.70. The van der Waals surface area contributed by atoms with Gasteiger partial charge in [0.1, 0.15) is 23.8 Å². The smallest absolute Gasteiger partial charge is 0.235 e. The molecule has 0 aromatic carbocycles. The summed E-state index contributed by atoms with van der Waals surface area (Å²) in [7, 11) is 0. The van der Waals surface area contributed by atoms with Crippen molar-refractivity contribution in [3.63, 3.8) is 0 Å². The maximum atomic E-state index is 12.7. The van der Waals surface area contributed by atoms with Gasteiger partial charge in [-0.25, -0.2) is 15.0 Å². The molecule has 0 atom stereocenters. The largest absolute Gasteiger partial charge is 0.356 e. The topological polar surface area (TPSA) is 102 Å². The van der Waals surface area contributed by atoms with Crippen LogP contribution in [0.15, 0.2) is 29.3 Å². The van der Waals surface area contributed by atoms with Crippen molar-refractivity contribution in [3.8, 4) is 5.82 Å². The zero-order valence-corrected chi connectivity index (χ0v) is 16.9. The van der Waals surface area contributed by atoms with Crippen LogP contribution in [-0.2, 0) is 16.3 Å². The minimum atomic E-state index is -0.0433. The molecular formula is C19H21N7O2S. The van der Waals surface area contributed by atoms with Gasteiger partial charge in [-0.05, 0) is 19.8 Å². The summed E-state index contributed by atoms with van der Waals surface area (Å²) in [6, 6.07) is 1.96. The van der Waals surface area contributed by atoms with E-state index in [-0.39, 0.29) is 11.8 Å². The number of rotatable bonds is 4. The number of thioether (sulfide) groups is 1. The van der Waals surface area contributed by atoms with Gasteiger partial charge in [0.25, 0.3) is 0 Å². The Morgan fingerprint density at radius 2 is 2.03 bits per heavy atom. The fraction of sp³-hybridized carbons (Fsp3) is 0.421. The molecule has 5 heterocycles. The average molecular weight is 411 g/mol. The predicted molar refractivity (Wildman–Crippen MR) is 109 cm³/mol. The second-order valence-electron chi connectivity index (χ2n) is 7.26. The highest BCUT2D eigenvalue weighted by Crippen LogP contribution is 2.35. The first-order valence-electron chi connectivity index (χ1n) is 9.62. The highest BCUT2D eigenvalue weighted by Gasteiger charge is 2.29. The van der Waals surface area contributed by atoms with Crippen molar-refractivity contribution in [2.45, 2.75) is 31.3 Å². The first-order valence-corrected chi connectivity index (χ1v) is 10.8. The zero-order valence-electron chi connectivity index (χ0n) is 16.0. The van der Waals surface area contributed by atoms with Gasteiger partial charge in [0.2, 0.25) is 11.8 Å². The Balaban J connectivity index is 1.22. The van der Waals surface area contributed by atoms with Crippen molar-refractivity contribution in [2.24, 2.45) is 5.92 Å². The molecule has 1 N–H and O–H groups in total. The molecule has 150 valence electrons. The maximum Gasteiger partial charge on any atom is 0.235 e. The quantitative estimate of drug-likeness (QED) is 0.699. The van der Waals surface area contributed by atoms with Crippen molar-refractivity contribution in [1.29, 1.82) is 0 Å². The summed E-state index contributed by atoms with van der Waals surface area (Å²) in [5, 5.41) is 6.99. The van der Waals surface area contributed by atoms with Crippen LogP contribution in [-0.4, -0.2) is 43.7 Å². The fourth-order valence-electron chi connectivity index (χ4n) is 3.80. The molecule has 3 aromatic heterocycles. The lowest BCUT2D eigenvalue weighted by molar-refractivity contribution is -0.120. The van der Waals surface area contributed by atoms with Crippen LogP contribution in [0.2, 0.25) is 0 Å². The van der Waals surface area contributed by atoms with Gasteiger partial charge in [0, 0.05) is 49.0 Å². The van der Waals surface area contributed by atoms with E-state index in [4.69, 9.17) is 4.52 Å². The Bertz CT molecular complexity index is 1040. The molecule has 0 saturated carbocycles. The standard InChI is InChI=1S/C19H21N7O2S/c1-12-20-4-7-26(12)17-8-16(21-11-22-17)25-5-2-13(3-6-25)18(27)23-19-14-9-29-10-15(14)24-28-19/h4,7-8,11,13H,2-3,5-6,9-10H2,1H3,(H,23,27). The van der Waals surface area contributed by atoms with E-state index in [2.05, 4.69) is 30.3 Å². The number of nitrogens with zero attached hydrogens (tertiary/aromatic N) is 6. The first kappa shape index (κ1) is 18.2. The van der Waals surface area contributed by atoms with Crippen molar-refractivity contribution < 1.29 is 9.32 Å². The lowest BCUT2D eigenvalue weighted by atomic mass is 9.96. The normalized spacial score (nSPS) is 16.8. The number of anilines is 2. The van der Waals surface area contributed by atoms with Gasteiger partial charge in [-0.3, -0.25) is 14.7 Å². The molecule has 5 rings (SSSR count). The van der Waals surface area contributed by atoms with E-state index < -0.39 is 0 Å². The van der Waals surface area contributed by atoms with Crippen LogP contribution in [0.25, 0.3) is 5.82 Å². The maximum absolute atomic E-state index is 12.7. The monoisotopic (exact) mass is 411 g/mol. The van der Waals surface area contributed by atoms with Crippen molar-refractivity contribution in [3.05, 3.63) is 41.9 Å². The van der Waals surface area contributed by atoms with Gasteiger partial charge in [-0.15, -0.1) is 0 Å². The third-order valence-corrected chi connectivity index (χ3v) is 6.46. The first-order chi connectivity index (χ1) is 14.2. The molecule has 1 fully saturated rings. The molecule has 29 heavy (non-hydrogen) atoms. The van der Waals surface area contributed by atoms with Crippen molar-refractivity contribution in [2.75, 3.05) is 23.3 Å². The molecule has 1 amide bonds. The van der Waals surface area contributed by atoms with E-state index in [0.717, 1.165) is 66.2 Å². The average Bonchev–Trinajstić information content (AvgIpc) is 3.47. The lowest BCUT2D eigenvalue weighted by Gasteiger charge is -2.32. The van der Waals surface area contributed by atoms with Gasteiger partial charge >= 0.3 is 0 Å². The third-order valence-electron chi connectivity index (χ3n) is 5.49. The number of carbonyl (C=O) groups is 1. The molecule has 0 unspecified atom stereocenters. The molecule has 0 radical (unpaired) electrons. The molecule has 2 aliphatic heterocycles. The number of fused-ring (bicyclic) bond motifs is 1. The number of aromatic nitrogens is 5. The van der Waals surface area contributed by atoms with Gasteiger partial charge in [0.15, 0.2) is 0 Å². The lowest BCUT2D eigenvalue weighted by Crippen LogP contribution is -2.38. The SMILES string of the molecule is Cc1nccn1-c1cc(N2CCC(C(=O)Nc3onc4c3CSC4)CC2)ncn1. The van der Waals surface area contributed by atoms with E-state index in [1.807, 2.05) is 23.8 Å². The highest BCUT2D eigenvalue weighted by atomic mass is 32.2. The Labute approximate surface area is 171 Å². The van der Waals surface area contributed by atoms with Crippen LogP contribution in [0.3, 0.4) is 0 Å². The summed E-state index contributed by atoms with van der Waals surface area (Å²) in [5.41, 5.74) is 1.98. The number of aryl methyl sites for hydroxylation is 1. The van der Waals surface area contributed by atoms with Crippen LogP contribution in [0.1, 0.15) is 29.9 Å². The molecule has 1 saturated heterocycles.